The Labute approximate surface area is 101 Å². The van der Waals surface area contributed by atoms with Gasteiger partial charge in [0, 0.05) is 6.07 Å². The number of hydrogen-bond acceptors (Lipinski definition) is 5. The average molecular weight is 243 g/mol. The lowest BCUT2D eigenvalue weighted by Gasteiger charge is -2.10. The molecule has 1 aliphatic heterocycles. The Morgan fingerprint density at radius 1 is 1.18 bits per heavy atom. The van der Waals surface area contributed by atoms with Crippen LogP contribution in [0.3, 0.4) is 0 Å². The number of para-hydroxylation sites is 1. The van der Waals surface area contributed by atoms with Gasteiger partial charge in [-0.25, -0.2) is 4.98 Å². The van der Waals surface area contributed by atoms with Gasteiger partial charge in [-0.2, -0.15) is 0 Å². The molecule has 1 aromatic rings. The molecule has 1 heterocycles. The molecule has 5 heteroatoms. The zero-order valence-corrected chi connectivity index (χ0v) is 9.62. The molecule has 17 heavy (non-hydrogen) atoms. The van der Waals surface area contributed by atoms with Crippen LogP contribution < -0.4 is 16.9 Å². The standard InChI is InChI=1S/C12H9N3OS/c13-6-5-8(16)10(14)12-11(6)15-7-3-1-2-4-9(7)17-12/h1-5H,13-14H2. The molecule has 0 bridgehead atoms. The Hall–Kier alpha value is -2.14. The summed E-state index contributed by atoms with van der Waals surface area (Å²) in [5.74, 6) is 0. The number of rotatable bonds is 0. The Morgan fingerprint density at radius 2 is 1.94 bits per heavy atom. The van der Waals surface area contributed by atoms with E-state index in [2.05, 4.69) is 4.98 Å². The number of nitrogen functional groups attached to an aromatic ring is 2. The van der Waals surface area contributed by atoms with E-state index in [9.17, 15) is 4.79 Å². The van der Waals surface area contributed by atoms with Crippen molar-refractivity contribution in [2.75, 3.05) is 11.5 Å². The van der Waals surface area contributed by atoms with Crippen LogP contribution >= 0.6 is 11.3 Å². The molecule has 4 nitrogen and oxygen atoms in total. The van der Waals surface area contributed by atoms with Crippen LogP contribution in [0.15, 0.2) is 35.1 Å². The quantitative estimate of drug-likeness (QED) is 0.467. The van der Waals surface area contributed by atoms with E-state index in [4.69, 9.17) is 11.5 Å². The number of aromatic nitrogens is 1. The van der Waals surface area contributed by atoms with E-state index in [0.29, 0.717) is 16.3 Å². The number of fused-ring (bicyclic) bond motifs is 2. The van der Waals surface area contributed by atoms with Crippen LogP contribution in [0.2, 0.25) is 0 Å². The van der Waals surface area contributed by atoms with Crippen molar-refractivity contribution in [3.63, 3.8) is 0 Å². The fraction of sp³-hybridized carbons (Fsp3) is 0. The maximum absolute atomic E-state index is 11.6. The molecule has 3 rings (SSSR count). The van der Waals surface area contributed by atoms with E-state index in [1.54, 1.807) is 0 Å². The lowest BCUT2D eigenvalue weighted by atomic mass is 10.2. The normalized spacial score (nSPS) is 11.1. The van der Waals surface area contributed by atoms with Gasteiger partial charge in [-0.05, 0) is 12.1 Å². The monoisotopic (exact) mass is 243 g/mol. The van der Waals surface area contributed by atoms with Crippen molar-refractivity contribution in [1.82, 2.24) is 4.98 Å². The number of anilines is 2. The van der Waals surface area contributed by atoms with Gasteiger partial charge in [0.25, 0.3) is 0 Å². The van der Waals surface area contributed by atoms with Gasteiger partial charge >= 0.3 is 0 Å². The van der Waals surface area contributed by atoms with Crippen molar-refractivity contribution >= 4 is 32.9 Å². The maximum Gasteiger partial charge on any atom is 0.205 e. The molecular weight excluding hydrogens is 234 g/mol. The minimum Gasteiger partial charge on any atom is -0.397 e. The lowest BCUT2D eigenvalue weighted by Crippen LogP contribution is -2.11. The molecule has 0 atom stereocenters. The second kappa shape index (κ2) is 3.43. The first kappa shape index (κ1) is 10.0. The Bertz CT molecular complexity index is 751. The van der Waals surface area contributed by atoms with Gasteiger partial charge in [0.1, 0.15) is 5.69 Å². The number of hydrogen-bond donors (Lipinski definition) is 2. The highest BCUT2D eigenvalue weighted by Crippen LogP contribution is 2.36. The highest BCUT2D eigenvalue weighted by molar-refractivity contribution is 7.22. The van der Waals surface area contributed by atoms with E-state index in [-0.39, 0.29) is 11.1 Å². The van der Waals surface area contributed by atoms with E-state index in [0.717, 1.165) is 10.2 Å². The van der Waals surface area contributed by atoms with Gasteiger partial charge in [0.05, 0.1) is 26.5 Å². The molecule has 0 spiro atoms. The Kier molecular flexibility index (Phi) is 2.02. The Balaban J connectivity index is 2.56. The van der Waals surface area contributed by atoms with Crippen molar-refractivity contribution in [1.29, 1.82) is 0 Å². The average Bonchev–Trinajstić information content (AvgIpc) is 2.34. The summed E-state index contributed by atoms with van der Waals surface area (Å²) < 4.78 is 0.983. The largest absolute Gasteiger partial charge is 0.397 e. The maximum atomic E-state index is 11.6. The number of benzene rings is 2. The number of nitrogens with two attached hydrogens (primary N) is 2. The minimum atomic E-state index is -0.247. The van der Waals surface area contributed by atoms with Crippen LogP contribution in [-0.4, -0.2) is 4.98 Å². The molecule has 0 saturated carbocycles. The molecule has 4 N–H and O–H groups in total. The zero-order chi connectivity index (χ0) is 12.0. The van der Waals surface area contributed by atoms with Gasteiger partial charge in [0.2, 0.25) is 5.43 Å². The smallest absolute Gasteiger partial charge is 0.205 e. The Morgan fingerprint density at radius 3 is 2.76 bits per heavy atom. The summed E-state index contributed by atoms with van der Waals surface area (Å²) in [5, 5.41) is 0. The third kappa shape index (κ3) is 1.43. The summed E-state index contributed by atoms with van der Waals surface area (Å²) in [4.78, 5) is 16.7. The summed E-state index contributed by atoms with van der Waals surface area (Å²) in [6.07, 6.45) is 0. The molecular formula is C12H9N3OS. The molecule has 0 radical (unpaired) electrons. The van der Waals surface area contributed by atoms with Gasteiger partial charge in [-0.3, -0.25) is 4.79 Å². The molecule has 1 aromatic carbocycles. The van der Waals surface area contributed by atoms with Gasteiger partial charge < -0.3 is 11.5 Å². The van der Waals surface area contributed by atoms with E-state index < -0.39 is 0 Å². The van der Waals surface area contributed by atoms with Crippen molar-refractivity contribution in [2.45, 2.75) is 0 Å². The highest BCUT2D eigenvalue weighted by atomic mass is 32.1. The molecule has 1 aliphatic carbocycles. The molecule has 0 amide bonds. The highest BCUT2D eigenvalue weighted by Gasteiger charge is 2.16. The molecule has 84 valence electrons. The fourth-order valence-electron chi connectivity index (χ4n) is 1.74. The summed E-state index contributed by atoms with van der Waals surface area (Å²) in [5.41, 5.74) is 13.4. The predicted molar refractivity (Wildman–Crippen MR) is 71.3 cm³/mol. The second-order valence-corrected chi connectivity index (χ2v) is 4.79. The summed E-state index contributed by atoms with van der Waals surface area (Å²) in [7, 11) is 0. The van der Waals surface area contributed by atoms with E-state index in [1.165, 1.54) is 17.4 Å². The van der Waals surface area contributed by atoms with Crippen LogP contribution in [0.4, 0.5) is 11.4 Å². The molecule has 0 fully saturated rings. The summed E-state index contributed by atoms with van der Waals surface area (Å²) >= 11 is 1.44. The topological polar surface area (TPSA) is 82.0 Å². The first-order valence-electron chi connectivity index (χ1n) is 5.04. The minimum absolute atomic E-state index is 0.220. The summed E-state index contributed by atoms with van der Waals surface area (Å²) in [6, 6.07) is 9.01. The molecule has 0 unspecified atom stereocenters. The summed E-state index contributed by atoms with van der Waals surface area (Å²) in [6.45, 7) is 0. The van der Waals surface area contributed by atoms with Crippen molar-refractivity contribution in [2.24, 2.45) is 0 Å². The van der Waals surface area contributed by atoms with E-state index >= 15 is 0 Å². The zero-order valence-electron chi connectivity index (χ0n) is 8.81. The second-order valence-electron chi connectivity index (χ2n) is 3.74. The van der Waals surface area contributed by atoms with Gasteiger partial charge in [0.15, 0.2) is 0 Å². The van der Waals surface area contributed by atoms with Crippen molar-refractivity contribution in [3.8, 4) is 10.6 Å². The lowest BCUT2D eigenvalue weighted by molar-refractivity contribution is 1.41. The van der Waals surface area contributed by atoms with Crippen LogP contribution in [0.25, 0.3) is 20.8 Å². The van der Waals surface area contributed by atoms with E-state index in [1.807, 2.05) is 24.3 Å². The van der Waals surface area contributed by atoms with Crippen LogP contribution in [0.1, 0.15) is 0 Å². The SMILES string of the molecule is Nc1cc(=O)c(N)c2sc3ccccc3nc1-2. The van der Waals surface area contributed by atoms with Crippen molar-refractivity contribution < 1.29 is 0 Å². The third-order valence-electron chi connectivity index (χ3n) is 2.59. The molecule has 2 aliphatic rings. The third-order valence-corrected chi connectivity index (χ3v) is 3.78. The van der Waals surface area contributed by atoms with Crippen LogP contribution in [-0.2, 0) is 0 Å². The fourth-order valence-corrected chi connectivity index (χ4v) is 2.80. The van der Waals surface area contributed by atoms with Crippen molar-refractivity contribution in [3.05, 3.63) is 40.6 Å². The predicted octanol–water partition coefficient (Wildman–Crippen LogP) is 1.93. The molecule has 0 aromatic heterocycles. The van der Waals surface area contributed by atoms with Gasteiger partial charge in [-0.1, -0.05) is 12.1 Å². The van der Waals surface area contributed by atoms with Gasteiger partial charge in [-0.15, -0.1) is 11.3 Å². The molecule has 0 saturated heterocycles. The first-order chi connectivity index (χ1) is 8.16. The van der Waals surface area contributed by atoms with Crippen LogP contribution in [0, 0.1) is 0 Å². The first-order valence-corrected chi connectivity index (χ1v) is 5.86. The van der Waals surface area contributed by atoms with Crippen LogP contribution in [0.5, 0.6) is 0 Å². The number of nitrogens with zero attached hydrogens (tertiary/aromatic N) is 1.